The van der Waals surface area contributed by atoms with Crippen molar-refractivity contribution >= 4 is 0 Å². The molecule has 0 aliphatic rings. The van der Waals surface area contributed by atoms with E-state index < -0.39 is 0 Å². The molecule has 1 nitrogen and oxygen atoms in total. The molecule has 0 heterocycles. The predicted molar refractivity (Wildman–Crippen MR) is 56.4 cm³/mol. The van der Waals surface area contributed by atoms with Crippen LogP contribution in [0.2, 0.25) is 0 Å². The molecule has 0 aromatic heterocycles. The Kier molecular flexibility index (Phi) is 4.54. The van der Waals surface area contributed by atoms with E-state index in [4.69, 9.17) is 0 Å². The molecule has 72 valence electrons. The number of allylic oxidation sites excluding steroid dienone is 1. The SMILES string of the molecule is C/C(=C\CN(C)C)CC(C)(C)C. The van der Waals surface area contributed by atoms with Crippen LogP contribution in [-0.4, -0.2) is 25.5 Å². The molecule has 0 spiro atoms. The Morgan fingerprint density at radius 1 is 1.25 bits per heavy atom. The van der Waals surface area contributed by atoms with Crippen molar-refractivity contribution < 1.29 is 0 Å². The van der Waals surface area contributed by atoms with Crippen molar-refractivity contribution in [3.05, 3.63) is 11.6 Å². The summed E-state index contributed by atoms with van der Waals surface area (Å²) in [6, 6.07) is 0. The molecule has 0 N–H and O–H groups in total. The van der Waals surface area contributed by atoms with Gasteiger partial charge < -0.3 is 4.90 Å². The zero-order chi connectivity index (χ0) is 9.78. The van der Waals surface area contributed by atoms with E-state index in [1.54, 1.807) is 0 Å². The van der Waals surface area contributed by atoms with Crippen LogP contribution in [-0.2, 0) is 0 Å². The normalized spacial score (nSPS) is 14.1. The fourth-order valence-electron chi connectivity index (χ4n) is 1.25. The maximum absolute atomic E-state index is 2.31. The van der Waals surface area contributed by atoms with Gasteiger partial charge in [0.1, 0.15) is 0 Å². The molecule has 0 aliphatic heterocycles. The maximum atomic E-state index is 2.31. The molecule has 0 saturated carbocycles. The highest BCUT2D eigenvalue weighted by molar-refractivity contribution is 5.01. The van der Waals surface area contributed by atoms with Gasteiger partial charge in [-0.25, -0.2) is 0 Å². The Balaban J connectivity index is 3.86. The van der Waals surface area contributed by atoms with Crippen molar-refractivity contribution in [2.75, 3.05) is 20.6 Å². The summed E-state index contributed by atoms with van der Waals surface area (Å²) in [5.41, 5.74) is 1.92. The van der Waals surface area contributed by atoms with Crippen LogP contribution in [0.25, 0.3) is 0 Å². The summed E-state index contributed by atoms with van der Waals surface area (Å²) in [6.45, 7) is 10.1. The number of hydrogen-bond donors (Lipinski definition) is 0. The Hall–Kier alpha value is -0.300. The van der Waals surface area contributed by atoms with Gasteiger partial charge in [-0.2, -0.15) is 0 Å². The third-order valence-electron chi connectivity index (χ3n) is 1.61. The van der Waals surface area contributed by atoms with Crippen LogP contribution in [0.4, 0.5) is 0 Å². The lowest BCUT2D eigenvalue weighted by Crippen LogP contribution is -2.12. The minimum absolute atomic E-state index is 0.424. The van der Waals surface area contributed by atoms with Gasteiger partial charge in [-0.15, -0.1) is 0 Å². The highest BCUT2D eigenvalue weighted by Crippen LogP contribution is 2.23. The number of nitrogens with zero attached hydrogens (tertiary/aromatic N) is 1. The smallest absolute Gasteiger partial charge is 0.0159 e. The Morgan fingerprint density at radius 3 is 2.08 bits per heavy atom. The van der Waals surface area contributed by atoms with E-state index in [0.29, 0.717) is 5.41 Å². The van der Waals surface area contributed by atoms with Gasteiger partial charge in [0.05, 0.1) is 0 Å². The van der Waals surface area contributed by atoms with Crippen LogP contribution in [0.15, 0.2) is 11.6 Å². The van der Waals surface area contributed by atoms with E-state index in [1.807, 2.05) is 0 Å². The summed E-state index contributed by atoms with van der Waals surface area (Å²) >= 11 is 0. The monoisotopic (exact) mass is 169 g/mol. The molecule has 0 amide bonds. The van der Waals surface area contributed by atoms with Crippen LogP contribution >= 0.6 is 0 Å². The van der Waals surface area contributed by atoms with Crippen LogP contribution < -0.4 is 0 Å². The first kappa shape index (κ1) is 11.7. The van der Waals surface area contributed by atoms with Gasteiger partial charge in [0.15, 0.2) is 0 Å². The first-order valence-corrected chi connectivity index (χ1v) is 4.61. The van der Waals surface area contributed by atoms with Gasteiger partial charge in [0, 0.05) is 6.54 Å². The Morgan fingerprint density at radius 2 is 1.75 bits per heavy atom. The second kappa shape index (κ2) is 4.66. The molecule has 1 heteroatoms. The van der Waals surface area contributed by atoms with Crippen LogP contribution in [0.3, 0.4) is 0 Å². The molecule has 12 heavy (non-hydrogen) atoms. The summed E-state index contributed by atoms with van der Waals surface area (Å²) in [5, 5.41) is 0. The van der Waals surface area contributed by atoms with Crippen LogP contribution in [0, 0.1) is 5.41 Å². The van der Waals surface area contributed by atoms with E-state index >= 15 is 0 Å². The summed E-state index contributed by atoms with van der Waals surface area (Å²) < 4.78 is 0. The van der Waals surface area contributed by atoms with E-state index in [0.717, 1.165) is 6.54 Å². The van der Waals surface area contributed by atoms with Crippen molar-refractivity contribution in [1.82, 2.24) is 4.90 Å². The van der Waals surface area contributed by atoms with Gasteiger partial charge in [-0.1, -0.05) is 32.4 Å². The van der Waals surface area contributed by atoms with Crippen molar-refractivity contribution in [3.8, 4) is 0 Å². The molecular formula is C11H23N. The highest BCUT2D eigenvalue weighted by atomic mass is 15.0. The zero-order valence-electron chi connectivity index (χ0n) is 9.44. The van der Waals surface area contributed by atoms with Gasteiger partial charge in [-0.3, -0.25) is 0 Å². The Bertz CT molecular complexity index is 149. The second-order valence-corrected chi connectivity index (χ2v) is 5.05. The average Bonchev–Trinajstić information content (AvgIpc) is 1.79. The summed E-state index contributed by atoms with van der Waals surface area (Å²) in [4.78, 5) is 2.19. The van der Waals surface area contributed by atoms with Gasteiger partial charge in [0.2, 0.25) is 0 Å². The van der Waals surface area contributed by atoms with Crippen molar-refractivity contribution in [2.24, 2.45) is 5.41 Å². The fraction of sp³-hybridized carbons (Fsp3) is 0.818. The molecule has 0 saturated heterocycles. The molecule has 0 rings (SSSR count). The van der Waals surface area contributed by atoms with Crippen molar-refractivity contribution in [1.29, 1.82) is 0 Å². The third kappa shape index (κ3) is 7.80. The largest absolute Gasteiger partial charge is 0.306 e. The molecule has 0 fully saturated rings. The van der Waals surface area contributed by atoms with Crippen molar-refractivity contribution in [3.63, 3.8) is 0 Å². The lowest BCUT2D eigenvalue weighted by atomic mass is 9.88. The maximum Gasteiger partial charge on any atom is 0.0159 e. The van der Waals surface area contributed by atoms with E-state index in [2.05, 4.69) is 52.8 Å². The molecule has 0 aliphatic carbocycles. The number of hydrogen-bond acceptors (Lipinski definition) is 1. The number of likely N-dealkylation sites (N-methyl/N-ethyl adjacent to an activating group) is 1. The quantitative estimate of drug-likeness (QED) is 0.587. The summed E-state index contributed by atoms with van der Waals surface area (Å²) in [6.07, 6.45) is 3.51. The van der Waals surface area contributed by atoms with Crippen LogP contribution in [0.1, 0.15) is 34.1 Å². The number of rotatable bonds is 3. The highest BCUT2D eigenvalue weighted by Gasteiger charge is 2.09. The lowest BCUT2D eigenvalue weighted by molar-refractivity contribution is 0.405. The molecule has 0 bridgehead atoms. The molecule has 0 aromatic carbocycles. The van der Waals surface area contributed by atoms with Crippen molar-refractivity contribution in [2.45, 2.75) is 34.1 Å². The van der Waals surface area contributed by atoms with Gasteiger partial charge >= 0.3 is 0 Å². The minimum Gasteiger partial charge on any atom is -0.306 e. The second-order valence-electron chi connectivity index (χ2n) is 5.05. The standard InChI is InChI=1S/C11H23N/c1-10(7-8-12(5)6)9-11(2,3)4/h7H,8-9H2,1-6H3/b10-7+. The topological polar surface area (TPSA) is 3.24 Å². The average molecular weight is 169 g/mol. The van der Waals surface area contributed by atoms with E-state index in [-0.39, 0.29) is 0 Å². The predicted octanol–water partition coefficient (Wildman–Crippen LogP) is 2.93. The van der Waals surface area contributed by atoms with Crippen LogP contribution in [0.5, 0.6) is 0 Å². The third-order valence-corrected chi connectivity index (χ3v) is 1.61. The van der Waals surface area contributed by atoms with E-state index in [9.17, 15) is 0 Å². The molecule has 0 unspecified atom stereocenters. The summed E-state index contributed by atoms with van der Waals surface area (Å²) in [5.74, 6) is 0. The van der Waals surface area contributed by atoms with Gasteiger partial charge in [-0.05, 0) is 32.9 Å². The molecular weight excluding hydrogens is 146 g/mol. The summed E-state index contributed by atoms with van der Waals surface area (Å²) in [7, 11) is 4.20. The lowest BCUT2D eigenvalue weighted by Gasteiger charge is -2.18. The molecule has 0 aromatic rings. The molecule has 0 atom stereocenters. The zero-order valence-corrected chi connectivity index (χ0v) is 9.44. The first-order valence-electron chi connectivity index (χ1n) is 4.61. The Labute approximate surface area is 77.5 Å². The van der Waals surface area contributed by atoms with Gasteiger partial charge in [0.25, 0.3) is 0 Å². The fourth-order valence-corrected chi connectivity index (χ4v) is 1.25. The molecule has 0 radical (unpaired) electrons. The first-order chi connectivity index (χ1) is 5.31. The minimum atomic E-state index is 0.424. The van der Waals surface area contributed by atoms with E-state index in [1.165, 1.54) is 12.0 Å².